The number of imidazole rings is 1. The molecule has 49 heavy (non-hydrogen) atoms. The van der Waals surface area contributed by atoms with E-state index in [1.54, 1.807) is 24.3 Å². The molecule has 1 amide bonds. The quantitative estimate of drug-likeness (QED) is 0.169. The maximum absolute atomic E-state index is 14.6. The highest BCUT2D eigenvalue weighted by Crippen LogP contribution is 2.31. The number of hydrogen-bond acceptors (Lipinski definition) is 9. The third kappa shape index (κ3) is 8.83. The molecule has 0 aliphatic carbocycles. The van der Waals surface area contributed by atoms with E-state index in [2.05, 4.69) is 24.1 Å². The van der Waals surface area contributed by atoms with E-state index in [1.807, 2.05) is 27.8 Å². The zero-order chi connectivity index (χ0) is 34.8. The maximum atomic E-state index is 14.6. The lowest BCUT2D eigenvalue weighted by molar-refractivity contribution is 0.0369. The van der Waals surface area contributed by atoms with E-state index in [-0.39, 0.29) is 29.9 Å². The molecule has 3 aromatic rings. The van der Waals surface area contributed by atoms with Crippen molar-refractivity contribution in [2.45, 2.75) is 71.5 Å². The molecule has 5 rings (SSSR count). The van der Waals surface area contributed by atoms with Crippen LogP contribution in [0, 0.1) is 0 Å². The number of unbranched alkanes of at least 4 members (excludes halogenated alkanes) is 2. The number of morpholine rings is 1. The summed E-state index contributed by atoms with van der Waals surface area (Å²) in [6.45, 7) is 10.7. The number of benzene rings is 2. The summed E-state index contributed by atoms with van der Waals surface area (Å²) in [7, 11) is 1.31. The van der Waals surface area contributed by atoms with Crippen molar-refractivity contribution in [3.05, 3.63) is 76.1 Å². The number of esters is 1. The summed E-state index contributed by atoms with van der Waals surface area (Å²) in [6, 6.07) is 10.5. The SMILES string of the molecule is CCCCN(CCCC)C(=O)c1cn(CCCN2CCOCC2)c(-c2ccc(C(=O)OC)cc2C(=O)c2cccc3c2CC(CO)NC3)n1. The van der Waals surface area contributed by atoms with Crippen LogP contribution in [0.5, 0.6) is 0 Å². The normalized spacial score (nSPS) is 16.3. The van der Waals surface area contributed by atoms with E-state index >= 15 is 0 Å². The Hall–Kier alpha value is -3.90. The summed E-state index contributed by atoms with van der Waals surface area (Å²) in [5, 5.41) is 13.2. The smallest absolute Gasteiger partial charge is 0.337 e. The van der Waals surface area contributed by atoms with Gasteiger partial charge < -0.3 is 29.4 Å². The third-order valence-corrected chi connectivity index (χ3v) is 9.52. The average molecular weight is 674 g/mol. The first-order valence-electron chi connectivity index (χ1n) is 17.8. The minimum atomic E-state index is -0.549. The topological polar surface area (TPSA) is 126 Å². The molecule has 1 saturated heterocycles. The Morgan fingerprint density at radius 1 is 1.02 bits per heavy atom. The van der Waals surface area contributed by atoms with Crippen LogP contribution in [-0.4, -0.2) is 108 Å². The highest BCUT2D eigenvalue weighted by molar-refractivity contribution is 6.14. The van der Waals surface area contributed by atoms with E-state index in [9.17, 15) is 19.5 Å². The minimum absolute atomic E-state index is 0.0444. The number of methoxy groups -OCH3 is 1. The Kier molecular flexibility index (Phi) is 13.1. The number of fused-ring (bicyclic) bond motifs is 1. The number of nitrogens with zero attached hydrogens (tertiary/aromatic N) is 4. The van der Waals surface area contributed by atoms with Crippen LogP contribution >= 0.6 is 0 Å². The van der Waals surface area contributed by atoms with Crippen molar-refractivity contribution < 1.29 is 29.0 Å². The molecule has 11 heteroatoms. The number of hydrogen-bond donors (Lipinski definition) is 2. The lowest BCUT2D eigenvalue weighted by Crippen LogP contribution is -2.39. The van der Waals surface area contributed by atoms with Gasteiger partial charge in [0.15, 0.2) is 5.78 Å². The average Bonchev–Trinajstić information content (AvgIpc) is 3.57. The zero-order valence-corrected chi connectivity index (χ0v) is 29.2. The molecule has 2 aromatic carbocycles. The highest BCUT2D eigenvalue weighted by Gasteiger charge is 2.28. The Labute approximate surface area is 289 Å². The first-order chi connectivity index (χ1) is 23.9. The van der Waals surface area contributed by atoms with Crippen LogP contribution in [-0.2, 0) is 29.0 Å². The molecule has 1 unspecified atom stereocenters. The molecule has 0 spiro atoms. The van der Waals surface area contributed by atoms with Gasteiger partial charge in [0, 0.05) is 74.7 Å². The van der Waals surface area contributed by atoms with Crippen LogP contribution < -0.4 is 5.32 Å². The Morgan fingerprint density at radius 2 is 1.78 bits per heavy atom. The first-order valence-corrected chi connectivity index (χ1v) is 17.8. The van der Waals surface area contributed by atoms with Crippen molar-refractivity contribution in [2.75, 3.05) is 59.7 Å². The van der Waals surface area contributed by atoms with Crippen LogP contribution in [0.2, 0.25) is 0 Å². The molecule has 0 radical (unpaired) electrons. The molecule has 264 valence electrons. The fraction of sp³-hybridized carbons (Fsp3) is 0.526. The van der Waals surface area contributed by atoms with E-state index in [0.29, 0.717) is 60.8 Å². The van der Waals surface area contributed by atoms with Gasteiger partial charge in [0.25, 0.3) is 5.91 Å². The number of aryl methyl sites for hydroxylation is 1. The van der Waals surface area contributed by atoms with Crippen LogP contribution in [0.4, 0.5) is 0 Å². The van der Waals surface area contributed by atoms with Gasteiger partial charge in [-0.15, -0.1) is 0 Å². The largest absolute Gasteiger partial charge is 0.465 e. The number of rotatable bonds is 16. The van der Waals surface area contributed by atoms with Gasteiger partial charge in [-0.1, -0.05) is 44.9 Å². The predicted molar refractivity (Wildman–Crippen MR) is 188 cm³/mol. The molecule has 1 fully saturated rings. The second-order valence-electron chi connectivity index (χ2n) is 12.9. The maximum Gasteiger partial charge on any atom is 0.337 e. The molecule has 2 N–H and O–H groups in total. The van der Waals surface area contributed by atoms with Crippen molar-refractivity contribution in [3.8, 4) is 11.4 Å². The van der Waals surface area contributed by atoms with Crippen molar-refractivity contribution in [2.24, 2.45) is 0 Å². The number of ketones is 1. The third-order valence-electron chi connectivity index (χ3n) is 9.52. The van der Waals surface area contributed by atoms with Crippen molar-refractivity contribution in [1.82, 2.24) is 24.7 Å². The number of amides is 1. The summed E-state index contributed by atoms with van der Waals surface area (Å²) in [6.07, 6.45) is 6.92. The number of aromatic nitrogens is 2. The first kappa shape index (κ1) is 36.4. The van der Waals surface area contributed by atoms with Gasteiger partial charge >= 0.3 is 5.97 Å². The molecule has 2 aliphatic rings. The predicted octanol–water partition coefficient (Wildman–Crippen LogP) is 4.34. The standard InChI is InChI=1S/C38H51N5O6/c1-4-6-15-42(16-7-5-2)37(46)34-25-43(17-9-14-41-18-20-49-21-19-41)36(40-34)31-13-12-27(38(47)48-3)22-33(31)35(45)30-11-8-10-28-24-39-29(26-44)23-32(28)30/h8,10-13,22,25,29,39,44H,4-7,9,14-21,23-24,26H2,1-3H3. The van der Waals surface area contributed by atoms with Crippen LogP contribution in [0.25, 0.3) is 11.4 Å². The van der Waals surface area contributed by atoms with Gasteiger partial charge in [-0.25, -0.2) is 9.78 Å². The molecule has 1 atom stereocenters. The summed E-state index contributed by atoms with van der Waals surface area (Å²) >= 11 is 0. The molecule has 2 aliphatic heterocycles. The Morgan fingerprint density at radius 3 is 2.47 bits per heavy atom. The Bertz CT molecular complexity index is 1590. The van der Waals surface area contributed by atoms with Crippen molar-refractivity contribution in [1.29, 1.82) is 0 Å². The van der Waals surface area contributed by atoms with Crippen LogP contribution in [0.3, 0.4) is 0 Å². The molecule has 1 aromatic heterocycles. The molecule has 0 saturated carbocycles. The number of carbonyl (C=O) groups excluding carboxylic acids is 3. The number of ether oxygens (including phenoxy) is 2. The van der Waals surface area contributed by atoms with Gasteiger partial charge in [-0.2, -0.15) is 0 Å². The zero-order valence-electron chi connectivity index (χ0n) is 29.2. The molecule has 11 nitrogen and oxygen atoms in total. The summed E-state index contributed by atoms with van der Waals surface area (Å²) in [4.78, 5) is 50.6. The molecular formula is C38H51N5O6. The second-order valence-corrected chi connectivity index (χ2v) is 12.9. The van der Waals surface area contributed by atoms with E-state index in [4.69, 9.17) is 14.5 Å². The lowest BCUT2D eigenvalue weighted by Gasteiger charge is -2.27. The van der Waals surface area contributed by atoms with Crippen molar-refractivity contribution >= 4 is 17.7 Å². The fourth-order valence-electron chi connectivity index (χ4n) is 6.64. The monoisotopic (exact) mass is 673 g/mol. The molecule has 3 heterocycles. The van der Waals surface area contributed by atoms with Crippen LogP contribution in [0.15, 0.2) is 42.6 Å². The summed E-state index contributed by atoms with van der Waals surface area (Å²) in [5.41, 5.74) is 3.85. The second kappa shape index (κ2) is 17.7. The van der Waals surface area contributed by atoms with Gasteiger partial charge in [0.05, 0.1) is 32.5 Å². The minimum Gasteiger partial charge on any atom is -0.465 e. The van der Waals surface area contributed by atoms with Crippen molar-refractivity contribution in [3.63, 3.8) is 0 Å². The summed E-state index contributed by atoms with van der Waals surface area (Å²) < 4.78 is 12.5. The van der Waals surface area contributed by atoms with E-state index in [0.717, 1.165) is 76.1 Å². The highest BCUT2D eigenvalue weighted by atomic mass is 16.5. The fourth-order valence-corrected chi connectivity index (χ4v) is 6.64. The number of nitrogens with one attached hydrogen (secondary N) is 1. The summed E-state index contributed by atoms with van der Waals surface area (Å²) in [5.74, 6) is -0.406. The van der Waals surface area contributed by atoms with Crippen LogP contribution in [0.1, 0.15) is 93.8 Å². The number of aliphatic hydroxyl groups is 1. The van der Waals surface area contributed by atoms with E-state index < -0.39 is 5.97 Å². The van der Waals surface area contributed by atoms with Gasteiger partial charge in [0.2, 0.25) is 0 Å². The van der Waals surface area contributed by atoms with Gasteiger partial charge in [0.1, 0.15) is 11.5 Å². The molecular weight excluding hydrogens is 622 g/mol. The number of aliphatic hydroxyl groups excluding tert-OH is 1. The lowest BCUT2D eigenvalue weighted by atomic mass is 9.87. The molecule has 0 bridgehead atoms. The number of carbonyl (C=O) groups is 3. The van der Waals surface area contributed by atoms with E-state index in [1.165, 1.54) is 7.11 Å². The Balaban J connectivity index is 1.58. The van der Waals surface area contributed by atoms with Gasteiger partial charge in [-0.3, -0.25) is 14.5 Å². The van der Waals surface area contributed by atoms with Gasteiger partial charge in [-0.05, 0) is 55.0 Å².